The first-order valence-corrected chi connectivity index (χ1v) is 0. The second-order valence-corrected chi connectivity index (χ2v) is 0. The zero-order valence-electron chi connectivity index (χ0n) is 1.53. The zero-order chi connectivity index (χ0) is 0. The van der Waals surface area contributed by atoms with Crippen molar-refractivity contribution < 1.29 is 54.6 Å². The predicted octanol–water partition coefficient (Wildman–Crippen LogP) is -0.388. The Hall–Kier alpha value is 2.58. The van der Waals surface area contributed by atoms with Crippen LogP contribution in [0.5, 0.6) is 0 Å². The summed E-state index contributed by atoms with van der Waals surface area (Å²) in [5.41, 5.74) is 0. The Balaban J connectivity index is 0. The molecule has 0 heterocycles. The Morgan fingerprint density at radius 2 is 1.00 bits per heavy atom. The summed E-state index contributed by atoms with van der Waals surface area (Å²) in [5.74, 6) is 0. The molecule has 0 fully saturated rings. The average Bonchev–Trinajstić information content (AvgIpc) is 0. The molecule has 0 rings (SSSR count). The monoisotopic (exact) mass is 421 g/mol. The van der Waals surface area contributed by atoms with Gasteiger partial charge in [-0.05, 0) is 0 Å². The SMILES string of the molecule is [Bi].[Fe].[Mo].[Ni]. The van der Waals surface area contributed by atoms with Crippen molar-refractivity contribution in [1.29, 1.82) is 0 Å². The van der Waals surface area contributed by atoms with Crippen LogP contribution in [-0.4, -0.2) is 26.2 Å². The zero-order valence-corrected chi connectivity index (χ0v) is 9.10. The normalized spacial score (nSPS) is 0. The third-order valence-corrected chi connectivity index (χ3v) is 0. The molecule has 29 valence electrons. The summed E-state index contributed by atoms with van der Waals surface area (Å²) >= 11 is 0. The molecule has 0 aliphatic carbocycles. The third kappa shape index (κ3) is 8.82. The Kier molecular flexibility index (Phi) is 135. The van der Waals surface area contributed by atoms with Gasteiger partial charge in [0.05, 0.1) is 0 Å². The molecule has 0 aliphatic rings. The first kappa shape index (κ1) is 30.7. The summed E-state index contributed by atoms with van der Waals surface area (Å²) in [6.45, 7) is 0. The van der Waals surface area contributed by atoms with Gasteiger partial charge < -0.3 is 0 Å². The Morgan fingerprint density at radius 1 is 1.00 bits per heavy atom. The maximum absolute atomic E-state index is 0. The van der Waals surface area contributed by atoms with Crippen molar-refractivity contribution in [3.05, 3.63) is 0 Å². The Labute approximate surface area is 79.6 Å². The molecule has 0 amide bonds. The van der Waals surface area contributed by atoms with Crippen LogP contribution in [0.1, 0.15) is 0 Å². The molecule has 3 radical (unpaired) electrons. The van der Waals surface area contributed by atoms with Gasteiger partial charge in [-0.15, -0.1) is 0 Å². The van der Waals surface area contributed by atoms with Gasteiger partial charge in [-0.3, -0.25) is 0 Å². The van der Waals surface area contributed by atoms with Gasteiger partial charge >= 0.3 is 0 Å². The van der Waals surface area contributed by atoms with Gasteiger partial charge in [-0.2, -0.15) is 0 Å². The van der Waals surface area contributed by atoms with E-state index in [0.717, 1.165) is 0 Å². The van der Waals surface area contributed by atoms with Crippen LogP contribution in [0.3, 0.4) is 0 Å². The minimum atomic E-state index is 0. The number of rotatable bonds is 0. The topological polar surface area (TPSA) is 0 Å². The standard InChI is InChI=1S/Bi.Fe.Mo.Ni. The Morgan fingerprint density at radius 3 is 1.00 bits per heavy atom. The van der Waals surface area contributed by atoms with Crippen molar-refractivity contribution >= 4 is 26.2 Å². The van der Waals surface area contributed by atoms with Crippen LogP contribution < -0.4 is 0 Å². The van der Waals surface area contributed by atoms with Gasteiger partial charge in [0.25, 0.3) is 0 Å². The first-order valence-electron chi connectivity index (χ1n) is 0. The summed E-state index contributed by atoms with van der Waals surface area (Å²) in [6, 6.07) is 0. The van der Waals surface area contributed by atoms with Crippen molar-refractivity contribution in [2.75, 3.05) is 0 Å². The third-order valence-electron chi connectivity index (χ3n) is 0. The Bertz CT molecular complexity index is 8.00. The van der Waals surface area contributed by atoms with E-state index < -0.39 is 0 Å². The van der Waals surface area contributed by atoms with Gasteiger partial charge in [0, 0.05) is 80.8 Å². The van der Waals surface area contributed by atoms with Crippen molar-refractivity contribution in [1.82, 2.24) is 0 Å². The molecule has 0 aromatic carbocycles. The second-order valence-electron chi connectivity index (χ2n) is 0. The maximum atomic E-state index is 0. The smallest absolute Gasteiger partial charge is 0 e. The van der Waals surface area contributed by atoms with Gasteiger partial charge in [-0.25, -0.2) is 0 Å². The van der Waals surface area contributed by atoms with Crippen LogP contribution in [-0.2, 0) is 54.6 Å². The van der Waals surface area contributed by atoms with Crippen LogP contribution in [0, 0.1) is 0 Å². The molecule has 0 saturated carbocycles. The number of hydrogen-bond acceptors (Lipinski definition) is 0. The molecule has 0 spiro atoms. The van der Waals surface area contributed by atoms with Gasteiger partial charge in [0.2, 0.25) is 0 Å². The average molecular weight is 419 g/mol. The van der Waals surface area contributed by atoms with E-state index in [1.807, 2.05) is 0 Å². The van der Waals surface area contributed by atoms with Crippen molar-refractivity contribution in [3.63, 3.8) is 0 Å². The summed E-state index contributed by atoms with van der Waals surface area (Å²) in [4.78, 5) is 0. The van der Waals surface area contributed by atoms with E-state index >= 15 is 0 Å². The van der Waals surface area contributed by atoms with Gasteiger partial charge in [0.15, 0.2) is 0 Å². The van der Waals surface area contributed by atoms with Crippen LogP contribution >= 0.6 is 0 Å². The first-order chi connectivity index (χ1) is 0. The summed E-state index contributed by atoms with van der Waals surface area (Å²) in [5, 5.41) is 0. The molecule has 0 atom stereocenters. The summed E-state index contributed by atoms with van der Waals surface area (Å²) in [6.07, 6.45) is 0. The minimum Gasteiger partial charge on any atom is 0 e. The molecular formula is BiFeMoNi. The van der Waals surface area contributed by atoms with Crippen LogP contribution in [0.25, 0.3) is 0 Å². The molecule has 0 saturated heterocycles. The molecule has 0 nitrogen and oxygen atoms in total. The van der Waals surface area contributed by atoms with E-state index in [1.165, 1.54) is 0 Å². The van der Waals surface area contributed by atoms with Crippen molar-refractivity contribution in [2.24, 2.45) is 0 Å². The molecule has 0 aliphatic heterocycles. The van der Waals surface area contributed by atoms with Crippen LogP contribution in [0.4, 0.5) is 0 Å². The van der Waals surface area contributed by atoms with E-state index in [2.05, 4.69) is 0 Å². The fourth-order valence-electron chi connectivity index (χ4n) is 0. The fourth-order valence-corrected chi connectivity index (χ4v) is 0. The van der Waals surface area contributed by atoms with Crippen LogP contribution in [0.15, 0.2) is 0 Å². The molecule has 4 heavy (non-hydrogen) atoms. The van der Waals surface area contributed by atoms with Crippen LogP contribution in [0.2, 0.25) is 0 Å². The largest absolute Gasteiger partial charge is 0 e. The van der Waals surface area contributed by atoms with E-state index in [1.54, 1.807) is 0 Å². The maximum Gasteiger partial charge on any atom is 0 e. The van der Waals surface area contributed by atoms with E-state index in [4.69, 9.17) is 0 Å². The van der Waals surface area contributed by atoms with Gasteiger partial charge in [-0.1, -0.05) is 0 Å². The molecule has 0 N–H and O–H groups in total. The summed E-state index contributed by atoms with van der Waals surface area (Å²) < 4.78 is 0. The minimum absolute atomic E-state index is 0. The summed E-state index contributed by atoms with van der Waals surface area (Å²) in [7, 11) is 0. The number of hydrogen-bond donors (Lipinski definition) is 0. The molecule has 4 heteroatoms. The van der Waals surface area contributed by atoms with E-state index in [9.17, 15) is 0 Å². The van der Waals surface area contributed by atoms with E-state index in [-0.39, 0.29) is 80.8 Å². The molecule has 0 aromatic heterocycles. The van der Waals surface area contributed by atoms with Crippen molar-refractivity contribution in [2.45, 2.75) is 0 Å². The molecule has 0 unspecified atom stereocenters. The van der Waals surface area contributed by atoms with Gasteiger partial charge in [0.1, 0.15) is 0 Å². The predicted molar refractivity (Wildman–Crippen MR) is 5.75 cm³/mol. The molecular weight excluding hydrogens is 419 g/mol. The fraction of sp³-hybridized carbons (Fsp3) is 0. The van der Waals surface area contributed by atoms with E-state index in [0.29, 0.717) is 0 Å². The molecule has 0 aromatic rings. The molecule has 0 bridgehead atoms. The quantitative estimate of drug-likeness (QED) is 0.470. The second kappa shape index (κ2) is 17.6. The van der Waals surface area contributed by atoms with Crippen molar-refractivity contribution in [3.8, 4) is 0 Å².